The summed E-state index contributed by atoms with van der Waals surface area (Å²) >= 11 is 0. The van der Waals surface area contributed by atoms with Crippen LogP contribution in [0.25, 0.3) is 0 Å². The molecule has 1 unspecified atom stereocenters. The zero-order valence-electron chi connectivity index (χ0n) is 11.0. The molecule has 96 valence electrons. The summed E-state index contributed by atoms with van der Waals surface area (Å²) in [6.07, 6.45) is 6.80. The van der Waals surface area contributed by atoms with Gasteiger partial charge in [-0.05, 0) is 58.8 Å². The molecule has 1 N–H and O–H groups in total. The first kappa shape index (κ1) is 13.9. The summed E-state index contributed by atoms with van der Waals surface area (Å²) in [4.78, 5) is 2.41. The molecular formula is C13H28N2O. The summed E-state index contributed by atoms with van der Waals surface area (Å²) in [5, 5.41) is 3.44. The van der Waals surface area contributed by atoms with Crippen LogP contribution < -0.4 is 5.32 Å². The van der Waals surface area contributed by atoms with Crippen LogP contribution in [0, 0.1) is 0 Å². The summed E-state index contributed by atoms with van der Waals surface area (Å²) in [6.45, 7) is 7.75. The molecule has 0 amide bonds. The predicted octanol–water partition coefficient (Wildman–Crippen LogP) is 1.88. The smallest absolute Gasteiger partial charge is 0.0701 e. The van der Waals surface area contributed by atoms with Gasteiger partial charge in [-0.1, -0.05) is 6.92 Å². The van der Waals surface area contributed by atoms with Crippen molar-refractivity contribution in [1.29, 1.82) is 0 Å². The molecule has 3 heteroatoms. The first-order chi connectivity index (χ1) is 7.83. The lowest BCUT2D eigenvalue weighted by molar-refractivity contribution is -0.00151. The first-order valence-corrected chi connectivity index (χ1v) is 6.83. The zero-order valence-corrected chi connectivity index (χ0v) is 11.0. The van der Waals surface area contributed by atoms with E-state index in [4.69, 9.17) is 4.74 Å². The van der Waals surface area contributed by atoms with Gasteiger partial charge < -0.3 is 15.0 Å². The Morgan fingerprint density at radius 2 is 2.19 bits per heavy atom. The van der Waals surface area contributed by atoms with Crippen molar-refractivity contribution < 1.29 is 4.74 Å². The number of hydrogen-bond acceptors (Lipinski definition) is 3. The normalized spacial score (nSPS) is 21.6. The van der Waals surface area contributed by atoms with Crippen LogP contribution in [0.15, 0.2) is 0 Å². The van der Waals surface area contributed by atoms with Crippen LogP contribution in [0.2, 0.25) is 0 Å². The Kier molecular flexibility index (Phi) is 7.81. The SMILES string of the molecule is CCCNCCCN(C)CC1CCCCO1. The van der Waals surface area contributed by atoms with Gasteiger partial charge in [0.15, 0.2) is 0 Å². The monoisotopic (exact) mass is 228 g/mol. The van der Waals surface area contributed by atoms with Crippen molar-refractivity contribution in [3.8, 4) is 0 Å². The van der Waals surface area contributed by atoms with Gasteiger partial charge in [-0.25, -0.2) is 0 Å². The molecule has 0 aromatic rings. The molecule has 1 fully saturated rings. The molecule has 0 saturated carbocycles. The minimum Gasteiger partial charge on any atom is -0.377 e. The van der Waals surface area contributed by atoms with Crippen LogP contribution in [0.1, 0.15) is 39.0 Å². The molecule has 3 nitrogen and oxygen atoms in total. The second-order valence-electron chi connectivity index (χ2n) is 4.85. The molecule has 1 heterocycles. The highest BCUT2D eigenvalue weighted by Gasteiger charge is 2.15. The van der Waals surface area contributed by atoms with Gasteiger partial charge in [0.2, 0.25) is 0 Å². The summed E-state index contributed by atoms with van der Waals surface area (Å²) in [5.74, 6) is 0. The number of rotatable bonds is 8. The maximum Gasteiger partial charge on any atom is 0.0701 e. The Morgan fingerprint density at radius 1 is 1.31 bits per heavy atom. The Bertz CT molecular complexity index is 158. The highest BCUT2D eigenvalue weighted by atomic mass is 16.5. The minimum absolute atomic E-state index is 0.488. The third kappa shape index (κ3) is 6.46. The maximum atomic E-state index is 5.74. The second-order valence-corrected chi connectivity index (χ2v) is 4.85. The standard InChI is InChI=1S/C13H28N2O/c1-3-8-14-9-6-10-15(2)12-13-7-4-5-11-16-13/h13-14H,3-12H2,1-2H3. The summed E-state index contributed by atoms with van der Waals surface area (Å²) in [6, 6.07) is 0. The Labute approximate surface area is 101 Å². The second kappa shape index (κ2) is 8.97. The molecule has 1 saturated heterocycles. The number of nitrogens with zero attached hydrogens (tertiary/aromatic N) is 1. The lowest BCUT2D eigenvalue weighted by atomic mass is 10.1. The molecule has 1 aliphatic rings. The van der Waals surface area contributed by atoms with E-state index in [0.29, 0.717) is 6.10 Å². The first-order valence-electron chi connectivity index (χ1n) is 6.83. The van der Waals surface area contributed by atoms with Crippen LogP contribution in [-0.2, 0) is 4.74 Å². The molecule has 1 rings (SSSR count). The fourth-order valence-corrected chi connectivity index (χ4v) is 2.17. The minimum atomic E-state index is 0.488. The lowest BCUT2D eigenvalue weighted by Gasteiger charge is -2.27. The van der Waals surface area contributed by atoms with Crippen molar-refractivity contribution in [2.24, 2.45) is 0 Å². The predicted molar refractivity (Wildman–Crippen MR) is 68.9 cm³/mol. The van der Waals surface area contributed by atoms with Crippen LogP contribution in [0.3, 0.4) is 0 Å². The summed E-state index contributed by atoms with van der Waals surface area (Å²) in [5.41, 5.74) is 0. The number of ether oxygens (including phenoxy) is 1. The van der Waals surface area contributed by atoms with Crippen molar-refractivity contribution in [2.75, 3.05) is 39.8 Å². The molecule has 1 atom stereocenters. The molecule has 0 aromatic heterocycles. The van der Waals surface area contributed by atoms with Crippen LogP contribution in [-0.4, -0.2) is 50.8 Å². The Hall–Kier alpha value is -0.120. The molecule has 16 heavy (non-hydrogen) atoms. The molecule has 1 aliphatic heterocycles. The van der Waals surface area contributed by atoms with Gasteiger partial charge in [-0.2, -0.15) is 0 Å². The van der Waals surface area contributed by atoms with Gasteiger partial charge >= 0.3 is 0 Å². The highest BCUT2D eigenvalue weighted by Crippen LogP contribution is 2.13. The van der Waals surface area contributed by atoms with Gasteiger partial charge in [0.05, 0.1) is 6.10 Å². The van der Waals surface area contributed by atoms with Gasteiger partial charge in [-0.15, -0.1) is 0 Å². The van der Waals surface area contributed by atoms with Crippen molar-refractivity contribution in [1.82, 2.24) is 10.2 Å². The van der Waals surface area contributed by atoms with E-state index in [2.05, 4.69) is 24.2 Å². The van der Waals surface area contributed by atoms with Crippen molar-refractivity contribution in [3.05, 3.63) is 0 Å². The Morgan fingerprint density at radius 3 is 2.88 bits per heavy atom. The number of nitrogens with one attached hydrogen (secondary N) is 1. The van der Waals surface area contributed by atoms with E-state index in [1.807, 2.05) is 0 Å². The van der Waals surface area contributed by atoms with E-state index in [9.17, 15) is 0 Å². The van der Waals surface area contributed by atoms with E-state index in [-0.39, 0.29) is 0 Å². The van der Waals surface area contributed by atoms with Crippen LogP contribution in [0.4, 0.5) is 0 Å². The molecule has 0 radical (unpaired) electrons. The van der Waals surface area contributed by atoms with Crippen molar-refractivity contribution >= 4 is 0 Å². The number of likely N-dealkylation sites (N-methyl/N-ethyl adjacent to an activating group) is 1. The van der Waals surface area contributed by atoms with Gasteiger partial charge in [0.1, 0.15) is 0 Å². The number of hydrogen-bond donors (Lipinski definition) is 1. The van der Waals surface area contributed by atoms with Gasteiger partial charge in [0, 0.05) is 13.2 Å². The zero-order chi connectivity index (χ0) is 11.6. The summed E-state index contributed by atoms with van der Waals surface area (Å²) in [7, 11) is 2.21. The third-order valence-electron chi connectivity index (χ3n) is 3.11. The highest BCUT2D eigenvalue weighted by molar-refractivity contribution is 4.67. The third-order valence-corrected chi connectivity index (χ3v) is 3.11. The molecule has 0 bridgehead atoms. The largest absolute Gasteiger partial charge is 0.377 e. The molecule has 0 aliphatic carbocycles. The topological polar surface area (TPSA) is 24.5 Å². The molecule has 0 spiro atoms. The fraction of sp³-hybridized carbons (Fsp3) is 1.00. The molecular weight excluding hydrogens is 200 g/mol. The van der Waals surface area contributed by atoms with Crippen molar-refractivity contribution in [3.63, 3.8) is 0 Å². The molecule has 0 aromatic carbocycles. The fourth-order valence-electron chi connectivity index (χ4n) is 2.17. The van der Waals surface area contributed by atoms with E-state index in [0.717, 1.165) is 26.2 Å². The Balaban J connectivity index is 1.95. The van der Waals surface area contributed by atoms with E-state index >= 15 is 0 Å². The summed E-state index contributed by atoms with van der Waals surface area (Å²) < 4.78 is 5.74. The maximum absolute atomic E-state index is 5.74. The van der Waals surface area contributed by atoms with E-state index in [1.165, 1.54) is 38.6 Å². The average molecular weight is 228 g/mol. The van der Waals surface area contributed by atoms with Crippen molar-refractivity contribution in [2.45, 2.75) is 45.1 Å². The van der Waals surface area contributed by atoms with Crippen LogP contribution in [0.5, 0.6) is 0 Å². The van der Waals surface area contributed by atoms with Crippen LogP contribution >= 0.6 is 0 Å². The van der Waals surface area contributed by atoms with Gasteiger partial charge in [0.25, 0.3) is 0 Å². The van der Waals surface area contributed by atoms with E-state index < -0.39 is 0 Å². The van der Waals surface area contributed by atoms with Gasteiger partial charge in [-0.3, -0.25) is 0 Å². The quantitative estimate of drug-likeness (QED) is 0.642. The van der Waals surface area contributed by atoms with E-state index in [1.54, 1.807) is 0 Å². The average Bonchev–Trinajstić information content (AvgIpc) is 2.30. The lowest BCUT2D eigenvalue weighted by Crippen LogP contribution is -2.34.